The van der Waals surface area contributed by atoms with Crippen LogP contribution in [0, 0.1) is 5.92 Å². The van der Waals surface area contributed by atoms with Gasteiger partial charge in [-0.25, -0.2) is 0 Å². The van der Waals surface area contributed by atoms with Crippen molar-refractivity contribution in [3.05, 3.63) is 18.0 Å². The molecule has 0 aliphatic heterocycles. The van der Waals surface area contributed by atoms with Crippen LogP contribution in [-0.2, 0) is 17.8 Å². The lowest BCUT2D eigenvalue weighted by molar-refractivity contribution is -0.121. The SMILES string of the molecule is CCC(C)C(=O)Cc1cnn(CC)c1. The summed E-state index contributed by atoms with van der Waals surface area (Å²) in [6.45, 7) is 6.91. The average molecular weight is 194 g/mol. The number of rotatable bonds is 5. The van der Waals surface area contributed by atoms with E-state index in [0.29, 0.717) is 12.2 Å². The number of hydrogen-bond donors (Lipinski definition) is 0. The first-order valence-corrected chi connectivity index (χ1v) is 5.21. The quantitative estimate of drug-likeness (QED) is 0.719. The normalized spacial score (nSPS) is 12.8. The van der Waals surface area contributed by atoms with E-state index >= 15 is 0 Å². The van der Waals surface area contributed by atoms with E-state index in [4.69, 9.17) is 0 Å². The first kappa shape index (κ1) is 11.0. The molecule has 1 unspecified atom stereocenters. The second-order valence-electron chi connectivity index (χ2n) is 3.66. The third-order valence-electron chi connectivity index (χ3n) is 2.55. The van der Waals surface area contributed by atoms with Gasteiger partial charge < -0.3 is 0 Å². The Bertz CT molecular complexity index is 304. The molecule has 78 valence electrons. The van der Waals surface area contributed by atoms with Gasteiger partial charge in [0.1, 0.15) is 5.78 Å². The molecule has 3 heteroatoms. The molecule has 0 N–H and O–H groups in total. The largest absolute Gasteiger partial charge is 0.299 e. The van der Waals surface area contributed by atoms with Gasteiger partial charge >= 0.3 is 0 Å². The van der Waals surface area contributed by atoms with Crippen LogP contribution in [0.2, 0.25) is 0 Å². The maximum Gasteiger partial charge on any atom is 0.140 e. The molecule has 14 heavy (non-hydrogen) atoms. The van der Waals surface area contributed by atoms with Gasteiger partial charge in [-0.2, -0.15) is 5.10 Å². The summed E-state index contributed by atoms with van der Waals surface area (Å²) in [4.78, 5) is 11.6. The van der Waals surface area contributed by atoms with Crippen LogP contribution >= 0.6 is 0 Å². The van der Waals surface area contributed by atoms with Crippen molar-refractivity contribution in [1.82, 2.24) is 9.78 Å². The molecule has 0 aliphatic carbocycles. The molecule has 0 aliphatic rings. The summed E-state index contributed by atoms with van der Waals surface area (Å²) < 4.78 is 1.85. The number of carbonyl (C=O) groups excluding carboxylic acids is 1. The van der Waals surface area contributed by atoms with E-state index in [2.05, 4.69) is 5.10 Å². The van der Waals surface area contributed by atoms with Crippen molar-refractivity contribution in [3.8, 4) is 0 Å². The lowest BCUT2D eigenvalue weighted by atomic mass is 9.99. The molecule has 0 radical (unpaired) electrons. The fraction of sp³-hybridized carbons (Fsp3) is 0.636. The number of aromatic nitrogens is 2. The minimum atomic E-state index is 0.167. The van der Waals surface area contributed by atoms with Crippen LogP contribution in [0.4, 0.5) is 0 Å². The van der Waals surface area contributed by atoms with Crippen LogP contribution in [0.5, 0.6) is 0 Å². The Morgan fingerprint density at radius 2 is 2.29 bits per heavy atom. The fourth-order valence-electron chi connectivity index (χ4n) is 1.27. The summed E-state index contributed by atoms with van der Waals surface area (Å²) in [5, 5.41) is 4.14. The second-order valence-corrected chi connectivity index (χ2v) is 3.66. The Labute approximate surface area is 85.1 Å². The van der Waals surface area contributed by atoms with Crippen molar-refractivity contribution in [2.75, 3.05) is 0 Å². The van der Waals surface area contributed by atoms with E-state index in [-0.39, 0.29) is 5.92 Å². The highest BCUT2D eigenvalue weighted by Gasteiger charge is 2.11. The van der Waals surface area contributed by atoms with E-state index in [9.17, 15) is 4.79 Å². The van der Waals surface area contributed by atoms with Gasteiger partial charge in [0.2, 0.25) is 0 Å². The zero-order valence-electron chi connectivity index (χ0n) is 9.16. The zero-order chi connectivity index (χ0) is 10.6. The van der Waals surface area contributed by atoms with Crippen LogP contribution in [0.15, 0.2) is 12.4 Å². The third kappa shape index (κ3) is 2.69. The Hall–Kier alpha value is -1.12. The van der Waals surface area contributed by atoms with E-state index in [1.807, 2.05) is 31.6 Å². The molecule has 0 bridgehead atoms. The van der Waals surface area contributed by atoms with Crippen molar-refractivity contribution in [2.45, 2.75) is 40.2 Å². The molecule has 0 spiro atoms. The van der Waals surface area contributed by atoms with E-state index in [1.165, 1.54) is 0 Å². The molecular formula is C11H18N2O. The molecule has 1 atom stereocenters. The van der Waals surface area contributed by atoms with Gasteiger partial charge in [-0.05, 0) is 18.9 Å². The Kier molecular flexibility index (Phi) is 3.86. The molecule has 1 rings (SSSR count). The molecule has 0 saturated heterocycles. The van der Waals surface area contributed by atoms with Gasteiger partial charge in [-0.15, -0.1) is 0 Å². The predicted molar refractivity (Wildman–Crippen MR) is 56.1 cm³/mol. The summed E-state index contributed by atoms with van der Waals surface area (Å²) in [6.07, 6.45) is 5.17. The number of carbonyl (C=O) groups is 1. The summed E-state index contributed by atoms with van der Waals surface area (Å²) in [5.41, 5.74) is 1.03. The van der Waals surface area contributed by atoms with Gasteiger partial charge in [0.25, 0.3) is 0 Å². The highest BCUT2D eigenvalue weighted by atomic mass is 16.1. The Morgan fingerprint density at radius 1 is 1.57 bits per heavy atom. The van der Waals surface area contributed by atoms with Gasteiger partial charge in [-0.3, -0.25) is 9.48 Å². The molecular weight excluding hydrogens is 176 g/mol. The van der Waals surface area contributed by atoms with Gasteiger partial charge in [-0.1, -0.05) is 13.8 Å². The standard InChI is InChI=1S/C11H18N2O/c1-4-9(3)11(14)6-10-7-12-13(5-2)8-10/h7-9H,4-6H2,1-3H3. The number of hydrogen-bond acceptors (Lipinski definition) is 2. The molecule has 1 heterocycles. The van der Waals surface area contributed by atoms with Crippen molar-refractivity contribution in [1.29, 1.82) is 0 Å². The second kappa shape index (κ2) is 4.94. The highest BCUT2D eigenvalue weighted by Crippen LogP contribution is 2.08. The molecule has 0 fully saturated rings. The van der Waals surface area contributed by atoms with E-state index in [1.54, 1.807) is 6.20 Å². The molecule has 3 nitrogen and oxygen atoms in total. The summed E-state index contributed by atoms with van der Waals surface area (Å²) in [6, 6.07) is 0. The van der Waals surface area contributed by atoms with E-state index in [0.717, 1.165) is 18.5 Å². The maximum absolute atomic E-state index is 11.6. The number of ketones is 1. The topological polar surface area (TPSA) is 34.9 Å². The van der Waals surface area contributed by atoms with Gasteiger partial charge in [0.05, 0.1) is 6.20 Å². The minimum Gasteiger partial charge on any atom is -0.299 e. The number of aryl methyl sites for hydroxylation is 1. The smallest absolute Gasteiger partial charge is 0.140 e. The highest BCUT2D eigenvalue weighted by molar-refractivity contribution is 5.82. The van der Waals surface area contributed by atoms with Gasteiger partial charge in [0, 0.05) is 25.1 Å². The van der Waals surface area contributed by atoms with Crippen molar-refractivity contribution in [2.24, 2.45) is 5.92 Å². The third-order valence-corrected chi connectivity index (χ3v) is 2.55. The molecule has 0 amide bonds. The number of nitrogens with zero attached hydrogens (tertiary/aromatic N) is 2. The van der Waals surface area contributed by atoms with Crippen LogP contribution in [0.3, 0.4) is 0 Å². The minimum absolute atomic E-state index is 0.167. The van der Waals surface area contributed by atoms with Gasteiger partial charge in [0.15, 0.2) is 0 Å². The van der Waals surface area contributed by atoms with Crippen molar-refractivity contribution < 1.29 is 4.79 Å². The molecule has 0 aromatic carbocycles. The van der Waals surface area contributed by atoms with Crippen LogP contribution in [0.25, 0.3) is 0 Å². The monoisotopic (exact) mass is 194 g/mol. The average Bonchev–Trinajstić information content (AvgIpc) is 2.64. The summed E-state index contributed by atoms with van der Waals surface area (Å²) in [5.74, 6) is 0.475. The van der Waals surface area contributed by atoms with Crippen LogP contribution < -0.4 is 0 Å². The predicted octanol–water partition coefficient (Wildman–Crippen LogP) is 2.06. The summed E-state index contributed by atoms with van der Waals surface area (Å²) in [7, 11) is 0. The van der Waals surface area contributed by atoms with Crippen LogP contribution in [0.1, 0.15) is 32.8 Å². The molecule has 0 saturated carbocycles. The lowest BCUT2D eigenvalue weighted by Crippen LogP contribution is -2.12. The van der Waals surface area contributed by atoms with Crippen molar-refractivity contribution in [3.63, 3.8) is 0 Å². The fourth-order valence-corrected chi connectivity index (χ4v) is 1.27. The number of Topliss-reactive ketones (excluding diaryl/α,β-unsaturated/α-hetero) is 1. The van der Waals surface area contributed by atoms with Crippen LogP contribution in [-0.4, -0.2) is 15.6 Å². The first-order chi connectivity index (χ1) is 6.67. The van der Waals surface area contributed by atoms with Crippen molar-refractivity contribution >= 4 is 5.78 Å². The molecule has 1 aromatic rings. The lowest BCUT2D eigenvalue weighted by Gasteiger charge is -2.04. The molecule has 1 aromatic heterocycles. The Balaban J connectivity index is 2.56. The zero-order valence-corrected chi connectivity index (χ0v) is 9.16. The maximum atomic E-state index is 11.6. The Morgan fingerprint density at radius 3 is 2.79 bits per heavy atom. The summed E-state index contributed by atoms with van der Waals surface area (Å²) >= 11 is 0. The van der Waals surface area contributed by atoms with E-state index < -0.39 is 0 Å². The first-order valence-electron chi connectivity index (χ1n) is 5.21.